The first-order chi connectivity index (χ1) is 14.5. The molecule has 0 spiro atoms. The Labute approximate surface area is 180 Å². The predicted octanol–water partition coefficient (Wildman–Crippen LogP) is 4.25. The second kappa shape index (κ2) is 10.7. The number of nitrogens with zero attached hydrogens (tertiary/aromatic N) is 3. The number of ether oxygens (including phenoxy) is 1. The van der Waals surface area contributed by atoms with Crippen LogP contribution in [0.2, 0.25) is 0 Å². The van der Waals surface area contributed by atoms with Gasteiger partial charge in [0.15, 0.2) is 5.82 Å². The van der Waals surface area contributed by atoms with E-state index in [1.807, 2.05) is 31.2 Å². The summed E-state index contributed by atoms with van der Waals surface area (Å²) in [5, 5.41) is 3.34. The molecular formula is C24H36N4O2. The highest BCUT2D eigenvalue weighted by Crippen LogP contribution is 2.25. The van der Waals surface area contributed by atoms with Crippen LogP contribution in [0.4, 0.5) is 5.82 Å². The standard InChI is InChI=1S/C24H36N4O2/c1-17(2)16-22(24(29)26-19-10-6-5-7-11-19)28(14-15-30-4)23-18(3)25-20-12-8-9-13-21(20)27-23/h8-9,12-13,17,19,22H,5-7,10-11,14-16H2,1-4H3,(H,26,29). The maximum Gasteiger partial charge on any atom is 0.242 e. The Hall–Kier alpha value is -2.21. The Morgan fingerprint density at radius 2 is 1.83 bits per heavy atom. The molecule has 1 aromatic heterocycles. The molecule has 1 aromatic carbocycles. The van der Waals surface area contributed by atoms with Gasteiger partial charge in [0.2, 0.25) is 5.91 Å². The van der Waals surface area contributed by atoms with Crippen molar-refractivity contribution in [1.29, 1.82) is 0 Å². The first-order valence-corrected chi connectivity index (χ1v) is 11.3. The fraction of sp³-hybridized carbons (Fsp3) is 0.625. The highest BCUT2D eigenvalue weighted by Gasteiger charge is 2.31. The second-order valence-corrected chi connectivity index (χ2v) is 8.80. The topological polar surface area (TPSA) is 67.3 Å². The van der Waals surface area contributed by atoms with E-state index in [1.165, 1.54) is 19.3 Å². The van der Waals surface area contributed by atoms with Gasteiger partial charge in [0.25, 0.3) is 0 Å². The van der Waals surface area contributed by atoms with Gasteiger partial charge < -0.3 is 15.0 Å². The van der Waals surface area contributed by atoms with Crippen LogP contribution in [-0.2, 0) is 9.53 Å². The SMILES string of the molecule is COCCN(c1nc2ccccc2nc1C)C(CC(C)C)C(=O)NC1CCCCC1. The van der Waals surface area contributed by atoms with Crippen molar-refractivity contribution >= 4 is 22.8 Å². The van der Waals surface area contributed by atoms with Gasteiger partial charge >= 0.3 is 0 Å². The molecule has 1 unspecified atom stereocenters. The third-order valence-corrected chi connectivity index (χ3v) is 5.85. The summed E-state index contributed by atoms with van der Waals surface area (Å²) in [5.74, 6) is 1.25. The Balaban J connectivity index is 1.94. The summed E-state index contributed by atoms with van der Waals surface area (Å²) in [6.45, 7) is 7.42. The van der Waals surface area contributed by atoms with Crippen LogP contribution < -0.4 is 10.2 Å². The van der Waals surface area contributed by atoms with Crippen LogP contribution in [0.15, 0.2) is 24.3 Å². The first-order valence-electron chi connectivity index (χ1n) is 11.3. The molecule has 1 atom stereocenters. The lowest BCUT2D eigenvalue weighted by atomic mass is 9.94. The van der Waals surface area contributed by atoms with Gasteiger partial charge in [0, 0.05) is 19.7 Å². The van der Waals surface area contributed by atoms with Crippen LogP contribution in [-0.4, -0.2) is 48.2 Å². The number of amides is 1. The fourth-order valence-corrected chi connectivity index (χ4v) is 4.32. The van der Waals surface area contributed by atoms with Gasteiger partial charge in [-0.25, -0.2) is 9.97 Å². The van der Waals surface area contributed by atoms with Crippen molar-refractivity contribution < 1.29 is 9.53 Å². The molecule has 1 saturated carbocycles. The molecule has 3 rings (SSSR count). The number of carbonyl (C=O) groups is 1. The third kappa shape index (κ3) is 5.69. The lowest BCUT2D eigenvalue weighted by Crippen LogP contribution is -2.52. The van der Waals surface area contributed by atoms with Crippen LogP contribution in [0.5, 0.6) is 0 Å². The van der Waals surface area contributed by atoms with Crippen LogP contribution in [0.1, 0.15) is 58.1 Å². The van der Waals surface area contributed by atoms with Crippen LogP contribution >= 0.6 is 0 Å². The number of fused-ring (bicyclic) bond motifs is 1. The van der Waals surface area contributed by atoms with E-state index < -0.39 is 0 Å². The van der Waals surface area contributed by atoms with Crippen molar-refractivity contribution in [2.75, 3.05) is 25.2 Å². The molecule has 6 nitrogen and oxygen atoms in total. The molecule has 30 heavy (non-hydrogen) atoms. The van der Waals surface area contributed by atoms with E-state index in [1.54, 1.807) is 7.11 Å². The average molecular weight is 413 g/mol. The Bertz CT molecular complexity index is 833. The molecule has 1 aliphatic rings. The molecule has 1 N–H and O–H groups in total. The number of methoxy groups -OCH3 is 1. The molecule has 0 radical (unpaired) electrons. The minimum absolute atomic E-state index is 0.0982. The van der Waals surface area contributed by atoms with Gasteiger partial charge in [-0.05, 0) is 44.2 Å². The largest absolute Gasteiger partial charge is 0.383 e. The summed E-state index contributed by atoms with van der Waals surface area (Å²) in [4.78, 5) is 25.2. The van der Waals surface area contributed by atoms with Crippen molar-refractivity contribution in [2.45, 2.75) is 71.4 Å². The van der Waals surface area contributed by atoms with Gasteiger partial charge in [0.05, 0.1) is 23.3 Å². The molecule has 0 bridgehead atoms. The average Bonchev–Trinajstić information content (AvgIpc) is 2.73. The number of hydrogen-bond acceptors (Lipinski definition) is 5. The normalized spacial score (nSPS) is 16.0. The van der Waals surface area contributed by atoms with E-state index in [0.717, 1.165) is 41.8 Å². The highest BCUT2D eigenvalue weighted by atomic mass is 16.5. The molecule has 1 heterocycles. The number of benzene rings is 1. The summed E-state index contributed by atoms with van der Waals surface area (Å²) in [6.07, 6.45) is 6.58. The molecule has 1 aliphatic carbocycles. The molecule has 1 fully saturated rings. The summed E-state index contributed by atoms with van der Waals surface area (Å²) in [7, 11) is 1.69. The van der Waals surface area contributed by atoms with E-state index in [4.69, 9.17) is 14.7 Å². The molecule has 0 aliphatic heterocycles. The number of aryl methyl sites for hydroxylation is 1. The third-order valence-electron chi connectivity index (χ3n) is 5.85. The van der Waals surface area contributed by atoms with Crippen molar-refractivity contribution in [3.63, 3.8) is 0 Å². The van der Waals surface area contributed by atoms with Crippen molar-refractivity contribution in [2.24, 2.45) is 5.92 Å². The number of carbonyl (C=O) groups excluding carboxylic acids is 1. The number of aromatic nitrogens is 2. The van der Waals surface area contributed by atoms with Crippen molar-refractivity contribution in [3.8, 4) is 0 Å². The summed E-state index contributed by atoms with van der Waals surface area (Å²) in [5.41, 5.74) is 2.55. The Kier molecular flexibility index (Phi) is 8.02. The number of rotatable bonds is 9. The maximum absolute atomic E-state index is 13.5. The molecule has 6 heteroatoms. The van der Waals surface area contributed by atoms with Crippen LogP contribution in [0.25, 0.3) is 11.0 Å². The smallest absolute Gasteiger partial charge is 0.242 e. The van der Waals surface area contributed by atoms with Crippen LogP contribution in [0, 0.1) is 12.8 Å². The molecule has 164 valence electrons. The molecular weight excluding hydrogens is 376 g/mol. The lowest BCUT2D eigenvalue weighted by molar-refractivity contribution is -0.123. The molecule has 1 amide bonds. The number of hydrogen-bond donors (Lipinski definition) is 1. The van der Waals surface area contributed by atoms with Crippen LogP contribution in [0.3, 0.4) is 0 Å². The number of nitrogens with one attached hydrogen (secondary N) is 1. The summed E-state index contributed by atoms with van der Waals surface area (Å²) >= 11 is 0. The lowest BCUT2D eigenvalue weighted by Gasteiger charge is -2.35. The highest BCUT2D eigenvalue weighted by molar-refractivity contribution is 5.86. The maximum atomic E-state index is 13.5. The zero-order valence-corrected chi connectivity index (χ0v) is 18.9. The van der Waals surface area contributed by atoms with E-state index in [0.29, 0.717) is 19.1 Å². The number of anilines is 1. The predicted molar refractivity (Wildman–Crippen MR) is 122 cm³/mol. The van der Waals surface area contributed by atoms with Gasteiger partial charge in [-0.3, -0.25) is 4.79 Å². The molecule has 2 aromatic rings. The first kappa shape index (κ1) is 22.5. The van der Waals surface area contributed by atoms with Gasteiger partial charge in [-0.15, -0.1) is 0 Å². The Morgan fingerprint density at radius 3 is 2.47 bits per heavy atom. The van der Waals surface area contributed by atoms with Crippen molar-refractivity contribution in [1.82, 2.24) is 15.3 Å². The second-order valence-electron chi connectivity index (χ2n) is 8.80. The van der Waals surface area contributed by atoms with E-state index in [9.17, 15) is 4.79 Å². The molecule has 0 saturated heterocycles. The van der Waals surface area contributed by atoms with Gasteiger partial charge in [-0.1, -0.05) is 45.2 Å². The quantitative estimate of drug-likeness (QED) is 0.667. The summed E-state index contributed by atoms with van der Waals surface area (Å²) in [6, 6.07) is 7.87. The van der Waals surface area contributed by atoms with Gasteiger partial charge in [0.1, 0.15) is 6.04 Å². The van der Waals surface area contributed by atoms with Crippen molar-refractivity contribution in [3.05, 3.63) is 30.0 Å². The minimum Gasteiger partial charge on any atom is -0.383 e. The monoisotopic (exact) mass is 412 g/mol. The van der Waals surface area contributed by atoms with E-state index >= 15 is 0 Å². The Morgan fingerprint density at radius 1 is 1.17 bits per heavy atom. The zero-order chi connectivity index (χ0) is 21.5. The van der Waals surface area contributed by atoms with E-state index in [-0.39, 0.29) is 18.0 Å². The fourth-order valence-electron chi connectivity index (χ4n) is 4.32. The summed E-state index contributed by atoms with van der Waals surface area (Å²) < 4.78 is 5.38. The minimum atomic E-state index is -0.295. The van der Waals surface area contributed by atoms with Gasteiger partial charge in [-0.2, -0.15) is 0 Å². The number of para-hydroxylation sites is 2. The van der Waals surface area contributed by atoms with E-state index in [2.05, 4.69) is 24.1 Å². The zero-order valence-electron chi connectivity index (χ0n) is 18.9.